The van der Waals surface area contributed by atoms with Gasteiger partial charge in [0.15, 0.2) is 0 Å². The number of hydrogen-bond acceptors (Lipinski definition) is 3. The Hall–Kier alpha value is -1.32. The molecule has 1 aliphatic rings. The molecule has 2 N–H and O–H groups in total. The highest BCUT2D eigenvalue weighted by Crippen LogP contribution is 2.40. The summed E-state index contributed by atoms with van der Waals surface area (Å²) in [5.41, 5.74) is 9.84. The summed E-state index contributed by atoms with van der Waals surface area (Å²) < 4.78 is 6.03. The average Bonchev–Trinajstić information content (AvgIpc) is 2.83. The number of fused-ring (bicyclic) bond motifs is 1. The molecule has 1 aromatic heterocycles. The van der Waals surface area contributed by atoms with Crippen LogP contribution in [-0.2, 0) is 0 Å². The molecule has 2 unspecified atom stereocenters. The van der Waals surface area contributed by atoms with E-state index < -0.39 is 0 Å². The van der Waals surface area contributed by atoms with Gasteiger partial charge in [-0.3, -0.25) is 0 Å². The van der Waals surface area contributed by atoms with Gasteiger partial charge in [-0.05, 0) is 29.8 Å². The van der Waals surface area contributed by atoms with Gasteiger partial charge in [0.1, 0.15) is 11.9 Å². The van der Waals surface area contributed by atoms with Crippen molar-refractivity contribution in [3.05, 3.63) is 51.7 Å². The third-order valence-electron chi connectivity index (χ3n) is 3.22. The van der Waals surface area contributed by atoms with Crippen molar-refractivity contribution in [2.45, 2.75) is 25.5 Å². The molecule has 88 valence electrons. The summed E-state index contributed by atoms with van der Waals surface area (Å²) in [6.45, 7) is 2.08. The minimum atomic E-state index is 0.0727. The lowest BCUT2D eigenvalue weighted by molar-refractivity contribution is 0.162. The zero-order chi connectivity index (χ0) is 11.8. The summed E-state index contributed by atoms with van der Waals surface area (Å²) in [6.07, 6.45) is 0.958. The molecule has 1 aromatic carbocycles. The Morgan fingerprint density at radius 2 is 2.24 bits per heavy atom. The number of rotatable bonds is 1. The molecule has 1 aliphatic heterocycles. The van der Waals surface area contributed by atoms with Crippen molar-refractivity contribution in [1.82, 2.24) is 0 Å². The molecule has 0 spiro atoms. The van der Waals surface area contributed by atoms with Crippen LogP contribution in [0.1, 0.15) is 35.3 Å². The third-order valence-corrected chi connectivity index (χ3v) is 3.92. The fourth-order valence-electron chi connectivity index (χ4n) is 2.29. The van der Waals surface area contributed by atoms with Gasteiger partial charge in [-0.15, -0.1) is 0 Å². The smallest absolute Gasteiger partial charge is 0.126 e. The van der Waals surface area contributed by atoms with E-state index in [1.807, 2.05) is 6.07 Å². The van der Waals surface area contributed by atoms with Crippen LogP contribution in [0.25, 0.3) is 0 Å². The molecule has 0 amide bonds. The Balaban J connectivity index is 1.96. The molecule has 3 heteroatoms. The van der Waals surface area contributed by atoms with Gasteiger partial charge in [-0.2, -0.15) is 11.3 Å². The van der Waals surface area contributed by atoms with Gasteiger partial charge in [-0.1, -0.05) is 17.7 Å². The van der Waals surface area contributed by atoms with Crippen molar-refractivity contribution < 1.29 is 4.74 Å². The van der Waals surface area contributed by atoms with E-state index in [-0.39, 0.29) is 12.1 Å². The van der Waals surface area contributed by atoms with Crippen molar-refractivity contribution in [3.8, 4) is 5.75 Å². The molecule has 3 rings (SSSR count). The number of hydrogen-bond donors (Lipinski definition) is 1. The lowest BCUT2D eigenvalue weighted by Crippen LogP contribution is -2.23. The number of benzene rings is 1. The average molecular weight is 245 g/mol. The first-order chi connectivity index (χ1) is 8.24. The quantitative estimate of drug-likeness (QED) is 0.833. The van der Waals surface area contributed by atoms with Crippen LogP contribution in [0.2, 0.25) is 0 Å². The maximum atomic E-state index is 6.24. The highest BCUT2D eigenvalue weighted by atomic mass is 32.1. The molecule has 2 nitrogen and oxygen atoms in total. The third kappa shape index (κ3) is 1.96. The van der Waals surface area contributed by atoms with Gasteiger partial charge in [-0.25, -0.2) is 0 Å². The van der Waals surface area contributed by atoms with E-state index in [1.165, 1.54) is 11.1 Å². The predicted octanol–water partition coefficient (Wildman–Crippen LogP) is 3.58. The SMILES string of the molecule is Cc1ccc2c(c1)C(N)CC(c1ccsc1)O2. The van der Waals surface area contributed by atoms with E-state index in [0.29, 0.717) is 0 Å². The van der Waals surface area contributed by atoms with E-state index in [1.54, 1.807) is 11.3 Å². The Morgan fingerprint density at radius 1 is 1.35 bits per heavy atom. The summed E-state index contributed by atoms with van der Waals surface area (Å²) in [5, 5.41) is 4.21. The van der Waals surface area contributed by atoms with Crippen LogP contribution in [0.5, 0.6) is 5.75 Å². The number of ether oxygens (including phenoxy) is 1. The summed E-state index contributed by atoms with van der Waals surface area (Å²) in [7, 11) is 0. The highest BCUT2D eigenvalue weighted by molar-refractivity contribution is 7.07. The normalized spacial score (nSPS) is 22.9. The van der Waals surface area contributed by atoms with Crippen LogP contribution in [0.4, 0.5) is 0 Å². The van der Waals surface area contributed by atoms with Crippen LogP contribution >= 0.6 is 11.3 Å². The lowest BCUT2D eigenvalue weighted by atomic mass is 9.94. The number of aryl methyl sites for hydroxylation is 1. The predicted molar refractivity (Wildman–Crippen MR) is 70.4 cm³/mol. The van der Waals surface area contributed by atoms with Crippen LogP contribution in [0.3, 0.4) is 0 Å². The molecular formula is C14H15NOS. The Morgan fingerprint density at radius 3 is 3.00 bits per heavy atom. The van der Waals surface area contributed by atoms with Crippen LogP contribution in [0, 0.1) is 6.92 Å². The van der Waals surface area contributed by atoms with Crippen molar-refractivity contribution in [1.29, 1.82) is 0 Å². The lowest BCUT2D eigenvalue weighted by Gasteiger charge is -2.30. The Labute approximate surface area is 105 Å². The van der Waals surface area contributed by atoms with Crippen molar-refractivity contribution in [2.75, 3.05) is 0 Å². The molecule has 2 aromatic rings. The molecule has 0 fully saturated rings. The fraction of sp³-hybridized carbons (Fsp3) is 0.286. The standard InChI is InChI=1S/C14H15NOS/c1-9-2-3-13-11(6-9)12(15)7-14(16-13)10-4-5-17-8-10/h2-6,8,12,14H,7,15H2,1H3. The van der Waals surface area contributed by atoms with Gasteiger partial charge < -0.3 is 10.5 Å². The van der Waals surface area contributed by atoms with E-state index in [0.717, 1.165) is 17.7 Å². The molecule has 0 saturated heterocycles. The minimum Gasteiger partial charge on any atom is -0.485 e. The van der Waals surface area contributed by atoms with E-state index >= 15 is 0 Å². The van der Waals surface area contributed by atoms with E-state index in [4.69, 9.17) is 10.5 Å². The summed E-state index contributed by atoms with van der Waals surface area (Å²) in [4.78, 5) is 0. The highest BCUT2D eigenvalue weighted by Gasteiger charge is 2.27. The second-order valence-corrected chi connectivity index (χ2v) is 5.33. The Kier molecular flexibility index (Phi) is 2.65. The first kappa shape index (κ1) is 10.8. The van der Waals surface area contributed by atoms with Gasteiger partial charge in [0.25, 0.3) is 0 Å². The van der Waals surface area contributed by atoms with Crippen LogP contribution < -0.4 is 10.5 Å². The molecule has 0 bridgehead atoms. The van der Waals surface area contributed by atoms with Gasteiger partial charge >= 0.3 is 0 Å². The summed E-state index contributed by atoms with van der Waals surface area (Å²) >= 11 is 1.70. The number of thiophene rings is 1. The molecule has 0 radical (unpaired) electrons. The largest absolute Gasteiger partial charge is 0.485 e. The monoisotopic (exact) mass is 245 g/mol. The first-order valence-corrected chi connectivity index (χ1v) is 6.73. The maximum absolute atomic E-state index is 6.24. The van der Waals surface area contributed by atoms with Gasteiger partial charge in [0.2, 0.25) is 0 Å². The Bertz CT molecular complexity index is 521. The molecule has 2 heterocycles. The van der Waals surface area contributed by atoms with Crippen LogP contribution in [-0.4, -0.2) is 0 Å². The van der Waals surface area contributed by atoms with Gasteiger partial charge in [0, 0.05) is 23.6 Å². The fourth-order valence-corrected chi connectivity index (χ4v) is 2.99. The topological polar surface area (TPSA) is 35.2 Å². The maximum Gasteiger partial charge on any atom is 0.126 e. The van der Waals surface area contributed by atoms with Crippen LogP contribution in [0.15, 0.2) is 35.0 Å². The second-order valence-electron chi connectivity index (χ2n) is 4.55. The van der Waals surface area contributed by atoms with Crippen molar-refractivity contribution >= 4 is 11.3 Å². The zero-order valence-corrected chi connectivity index (χ0v) is 10.5. The molecular weight excluding hydrogens is 230 g/mol. The molecule has 2 atom stereocenters. The molecule has 0 saturated carbocycles. The zero-order valence-electron chi connectivity index (χ0n) is 9.72. The van der Waals surface area contributed by atoms with E-state index in [9.17, 15) is 0 Å². The summed E-state index contributed by atoms with van der Waals surface area (Å²) in [6, 6.07) is 8.42. The van der Waals surface area contributed by atoms with Crippen molar-refractivity contribution in [3.63, 3.8) is 0 Å². The minimum absolute atomic E-state index is 0.0727. The first-order valence-electron chi connectivity index (χ1n) is 5.79. The summed E-state index contributed by atoms with van der Waals surface area (Å²) in [5.74, 6) is 0.936. The number of nitrogens with two attached hydrogens (primary N) is 1. The van der Waals surface area contributed by atoms with Gasteiger partial charge in [0.05, 0.1) is 0 Å². The molecule has 17 heavy (non-hydrogen) atoms. The second kappa shape index (κ2) is 4.17. The van der Waals surface area contributed by atoms with E-state index in [2.05, 4.69) is 35.9 Å². The van der Waals surface area contributed by atoms with Crippen molar-refractivity contribution in [2.24, 2.45) is 5.73 Å². The molecule has 0 aliphatic carbocycles.